The van der Waals surface area contributed by atoms with Crippen molar-refractivity contribution in [2.45, 2.75) is 62.4 Å². The topological polar surface area (TPSA) is 77.9 Å². The Labute approximate surface area is 232 Å². The molecule has 2 atom stereocenters. The van der Waals surface area contributed by atoms with Gasteiger partial charge in [0, 0.05) is 29.9 Å². The number of nitrogens with one attached hydrogen (secondary N) is 1. The third kappa shape index (κ3) is 6.62. The van der Waals surface area contributed by atoms with E-state index in [1.54, 1.807) is 0 Å². The molecular formula is C27H35Cl2FN4O4. The molecule has 208 valence electrons. The first kappa shape index (κ1) is 27.6. The SMILES string of the molecule is O=c1c(Cl)c(NC[C@@]2(F)CCCOC2)cnn1[C@H]1CC[C@@H](N(C[C@H]2COCCO2)c2ccc(Cl)cc2)CC1. The first-order chi connectivity index (χ1) is 18.4. The Hall–Kier alpha value is -1.91. The maximum absolute atomic E-state index is 14.9. The molecule has 8 nitrogen and oxygen atoms in total. The van der Waals surface area contributed by atoms with Gasteiger partial charge in [0.25, 0.3) is 5.56 Å². The number of rotatable bonds is 8. The maximum atomic E-state index is 14.9. The van der Waals surface area contributed by atoms with Gasteiger partial charge in [-0.25, -0.2) is 9.07 Å². The Kier molecular flexibility index (Phi) is 9.10. The number of ether oxygens (including phenoxy) is 3. The summed E-state index contributed by atoms with van der Waals surface area (Å²) in [6.45, 7) is 3.18. The van der Waals surface area contributed by atoms with E-state index in [1.807, 2.05) is 24.3 Å². The standard InChI is InChI=1S/C27H35Cl2FN4O4/c28-19-2-4-20(5-3-19)33(15-23-16-36-12-13-38-23)21-6-8-22(9-7-21)34-26(35)25(29)24(14-32-34)31-17-27(30)10-1-11-37-18-27/h2-5,14,21-23,31H,1,6-13,15-18H2/t21-,22+,23-,27-/m0/s1. The average Bonchev–Trinajstić information content (AvgIpc) is 2.94. The third-order valence-electron chi connectivity index (χ3n) is 7.71. The molecule has 5 rings (SSSR count). The van der Waals surface area contributed by atoms with E-state index in [9.17, 15) is 9.18 Å². The van der Waals surface area contributed by atoms with Crippen LogP contribution in [0.4, 0.5) is 15.8 Å². The van der Waals surface area contributed by atoms with Gasteiger partial charge >= 0.3 is 0 Å². The summed E-state index contributed by atoms with van der Waals surface area (Å²) in [5.41, 5.74) is -0.377. The third-order valence-corrected chi connectivity index (χ3v) is 8.33. The molecule has 0 amide bonds. The zero-order valence-corrected chi connectivity index (χ0v) is 22.9. The van der Waals surface area contributed by atoms with Gasteiger partial charge in [0.1, 0.15) is 5.02 Å². The molecule has 1 aliphatic carbocycles. The van der Waals surface area contributed by atoms with E-state index in [0.717, 1.165) is 37.9 Å². The number of hydrogen-bond acceptors (Lipinski definition) is 7. The number of alkyl halides is 1. The van der Waals surface area contributed by atoms with Gasteiger partial charge in [-0.3, -0.25) is 4.79 Å². The van der Waals surface area contributed by atoms with Crippen LogP contribution < -0.4 is 15.8 Å². The highest BCUT2D eigenvalue weighted by Gasteiger charge is 2.34. The van der Waals surface area contributed by atoms with Crippen LogP contribution in [-0.4, -0.2) is 73.7 Å². The van der Waals surface area contributed by atoms with Crippen LogP contribution in [0.15, 0.2) is 35.3 Å². The van der Waals surface area contributed by atoms with Gasteiger partial charge in [-0.05, 0) is 62.8 Å². The molecule has 11 heteroatoms. The average molecular weight is 570 g/mol. The summed E-state index contributed by atoms with van der Waals surface area (Å²) in [5.74, 6) is 0. The highest BCUT2D eigenvalue weighted by atomic mass is 35.5. The van der Waals surface area contributed by atoms with Gasteiger partial charge in [0.2, 0.25) is 0 Å². The lowest BCUT2D eigenvalue weighted by atomic mass is 9.89. The summed E-state index contributed by atoms with van der Waals surface area (Å²) in [4.78, 5) is 15.5. The molecule has 3 aliphatic rings. The van der Waals surface area contributed by atoms with Gasteiger partial charge in [-0.15, -0.1) is 0 Å². The molecule has 1 saturated carbocycles. The number of anilines is 2. The van der Waals surface area contributed by atoms with Crippen molar-refractivity contribution >= 4 is 34.6 Å². The van der Waals surface area contributed by atoms with Crippen molar-refractivity contribution in [3.8, 4) is 0 Å². The van der Waals surface area contributed by atoms with Gasteiger partial charge in [0.15, 0.2) is 5.67 Å². The van der Waals surface area contributed by atoms with E-state index in [4.69, 9.17) is 37.4 Å². The van der Waals surface area contributed by atoms with Gasteiger partial charge in [-0.1, -0.05) is 23.2 Å². The molecule has 1 N–H and O–H groups in total. The zero-order valence-electron chi connectivity index (χ0n) is 21.4. The molecule has 2 aromatic rings. The van der Waals surface area contributed by atoms with E-state index in [2.05, 4.69) is 15.3 Å². The fraction of sp³-hybridized carbons (Fsp3) is 0.630. The van der Waals surface area contributed by atoms with Crippen LogP contribution in [0, 0.1) is 0 Å². The molecule has 0 bridgehead atoms. The molecule has 0 spiro atoms. The van der Waals surface area contributed by atoms with Crippen molar-refractivity contribution in [3.63, 3.8) is 0 Å². The molecule has 1 aromatic heterocycles. The lowest BCUT2D eigenvalue weighted by molar-refractivity contribution is -0.0847. The van der Waals surface area contributed by atoms with Crippen molar-refractivity contribution in [1.29, 1.82) is 0 Å². The van der Waals surface area contributed by atoms with Crippen LogP contribution in [0.25, 0.3) is 0 Å². The summed E-state index contributed by atoms with van der Waals surface area (Å²) in [6, 6.07) is 8.11. The molecule has 3 heterocycles. The molecule has 0 radical (unpaired) electrons. The van der Waals surface area contributed by atoms with E-state index < -0.39 is 5.67 Å². The number of nitrogens with zero attached hydrogens (tertiary/aromatic N) is 3. The summed E-state index contributed by atoms with van der Waals surface area (Å²) in [6.07, 6.45) is 5.97. The minimum Gasteiger partial charge on any atom is -0.379 e. The molecule has 3 fully saturated rings. The minimum atomic E-state index is -1.47. The number of hydrogen-bond donors (Lipinski definition) is 1. The van der Waals surface area contributed by atoms with Crippen molar-refractivity contribution < 1.29 is 18.6 Å². The van der Waals surface area contributed by atoms with Gasteiger partial charge in [0.05, 0.1) is 57.0 Å². The number of halogens is 3. The van der Waals surface area contributed by atoms with Crippen LogP contribution in [0.2, 0.25) is 10.0 Å². The summed E-state index contributed by atoms with van der Waals surface area (Å²) >= 11 is 12.6. The number of benzene rings is 1. The van der Waals surface area contributed by atoms with Crippen molar-refractivity contribution in [2.75, 3.05) is 56.3 Å². The lowest BCUT2D eigenvalue weighted by Gasteiger charge is -2.40. The quantitative estimate of drug-likeness (QED) is 0.486. The Morgan fingerprint density at radius 1 is 1.11 bits per heavy atom. The second kappa shape index (κ2) is 12.5. The molecule has 38 heavy (non-hydrogen) atoms. The summed E-state index contributed by atoms with van der Waals surface area (Å²) in [7, 11) is 0. The monoisotopic (exact) mass is 568 g/mol. The van der Waals surface area contributed by atoms with Gasteiger partial charge < -0.3 is 24.4 Å². The second-order valence-electron chi connectivity index (χ2n) is 10.4. The lowest BCUT2D eigenvalue weighted by Crippen LogP contribution is -2.46. The first-order valence-electron chi connectivity index (χ1n) is 13.4. The molecule has 1 aromatic carbocycles. The summed E-state index contributed by atoms with van der Waals surface area (Å²) in [5, 5.41) is 8.13. The Morgan fingerprint density at radius 3 is 2.58 bits per heavy atom. The van der Waals surface area contributed by atoms with Crippen LogP contribution in [-0.2, 0) is 14.2 Å². The molecule has 2 saturated heterocycles. The number of aromatic nitrogens is 2. The minimum absolute atomic E-state index is 0.00363. The Morgan fingerprint density at radius 2 is 1.89 bits per heavy atom. The normalized spacial score (nSPS) is 28.1. The molecule has 2 aliphatic heterocycles. The largest absolute Gasteiger partial charge is 0.379 e. The van der Waals surface area contributed by atoms with Crippen LogP contribution >= 0.6 is 23.2 Å². The van der Waals surface area contributed by atoms with Crippen molar-refractivity contribution in [2.24, 2.45) is 0 Å². The first-order valence-corrected chi connectivity index (χ1v) is 14.2. The van der Waals surface area contributed by atoms with Crippen molar-refractivity contribution in [1.82, 2.24) is 9.78 Å². The van der Waals surface area contributed by atoms with Crippen LogP contribution in [0.1, 0.15) is 44.6 Å². The molecular weight excluding hydrogens is 534 g/mol. The van der Waals surface area contributed by atoms with E-state index in [0.29, 0.717) is 50.0 Å². The highest BCUT2D eigenvalue weighted by Crippen LogP contribution is 2.34. The van der Waals surface area contributed by atoms with Crippen molar-refractivity contribution in [3.05, 3.63) is 50.9 Å². The van der Waals surface area contributed by atoms with Crippen LogP contribution in [0.5, 0.6) is 0 Å². The predicted octanol–water partition coefficient (Wildman–Crippen LogP) is 4.89. The Bertz CT molecular complexity index is 1120. The van der Waals surface area contributed by atoms with Gasteiger partial charge in [-0.2, -0.15) is 5.10 Å². The van der Waals surface area contributed by atoms with E-state index >= 15 is 0 Å². The highest BCUT2D eigenvalue weighted by molar-refractivity contribution is 6.33. The summed E-state index contributed by atoms with van der Waals surface area (Å²) < 4.78 is 33.2. The zero-order chi connectivity index (χ0) is 26.5. The Balaban J connectivity index is 1.24. The second-order valence-corrected chi connectivity index (χ2v) is 11.3. The maximum Gasteiger partial charge on any atom is 0.287 e. The fourth-order valence-corrected chi connectivity index (χ4v) is 5.94. The fourth-order valence-electron chi connectivity index (χ4n) is 5.61. The van der Waals surface area contributed by atoms with Crippen LogP contribution in [0.3, 0.4) is 0 Å². The predicted molar refractivity (Wildman–Crippen MR) is 147 cm³/mol. The molecule has 0 unspecified atom stereocenters. The smallest absolute Gasteiger partial charge is 0.287 e. The van der Waals surface area contributed by atoms with E-state index in [1.165, 1.54) is 10.9 Å². The van der Waals surface area contributed by atoms with E-state index in [-0.39, 0.29) is 41.9 Å².